The van der Waals surface area contributed by atoms with E-state index >= 15 is 0 Å². The number of hydrogen-bond donors (Lipinski definition) is 2. The smallest absolute Gasteiger partial charge is 0.209 e. The van der Waals surface area contributed by atoms with Gasteiger partial charge in [0.15, 0.2) is 5.44 Å². The molecular weight excluding hydrogens is 293 g/mol. The number of hydrogen-bond acceptors (Lipinski definition) is 3. The zero-order chi connectivity index (χ0) is 15.0. The molecule has 0 fully saturated rings. The Hall–Kier alpha value is -2.18. The van der Waals surface area contributed by atoms with Crippen LogP contribution in [0.25, 0.3) is 10.9 Å². The molecule has 3 rings (SSSR count). The Bertz CT molecular complexity index is 885. The van der Waals surface area contributed by atoms with E-state index in [1.807, 2.05) is 6.07 Å². The first-order valence-corrected chi connectivity index (χ1v) is 7.78. The molecule has 0 spiro atoms. The van der Waals surface area contributed by atoms with Crippen molar-refractivity contribution in [3.63, 3.8) is 0 Å². The highest BCUT2D eigenvalue weighted by Gasteiger charge is 2.28. The van der Waals surface area contributed by atoms with Crippen molar-refractivity contribution in [2.75, 3.05) is 0 Å². The van der Waals surface area contributed by atoms with Crippen LogP contribution in [-0.4, -0.2) is 18.5 Å². The average Bonchev–Trinajstić information content (AvgIpc) is 2.90. The fourth-order valence-corrected chi connectivity index (χ4v) is 3.52. The molecule has 108 valence electrons. The van der Waals surface area contributed by atoms with Crippen LogP contribution in [0.5, 0.6) is 0 Å². The Morgan fingerprint density at radius 1 is 1.05 bits per heavy atom. The molecule has 4 nitrogen and oxygen atoms in total. The first-order chi connectivity index (χ1) is 10.00. The molecule has 6 heteroatoms. The molecule has 0 saturated heterocycles. The topological polar surface area (TPSA) is 70.2 Å². The maximum absolute atomic E-state index is 12.9. The first kappa shape index (κ1) is 13.8. The predicted molar refractivity (Wildman–Crippen MR) is 76.8 cm³/mol. The molecule has 0 aliphatic carbocycles. The van der Waals surface area contributed by atoms with Crippen LogP contribution in [-0.2, 0) is 9.84 Å². The zero-order valence-electron chi connectivity index (χ0n) is 10.8. The summed E-state index contributed by atoms with van der Waals surface area (Å²) in [5, 5.41) is 10.9. The molecule has 1 heterocycles. The van der Waals surface area contributed by atoms with Crippen molar-refractivity contribution in [1.82, 2.24) is 4.98 Å². The van der Waals surface area contributed by atoms with Gasteiger partial charge in [-0.2, -0.15) is 0 Å². The van der Waals surface area contributed by atoms with Crippen LogP contribution in [0.2, 0.25) is 0 Å². The number of rotatable bonds is 3. The Balaban J connectivity index is 2.08. The molecule has 21 heavy (non-hydrogen) atoms. The summed E-state index contributed by atoms with van der Waals surface area (Å²) >= 11 is 0. The van der Waals surface area contributed by atoms with Gasteiger partial charge in [0.1, 0.15) is 5.82 Å². The molecule has 0 aliphatic heterocycles. The second-order valence-electron chi connectivity index (χ2n) is 4.64. The minimum atomic E-state index is -4.00. The van der Waals surface area contributed by atoms with Gasteiger partial charge < -0.3 is 10.1 Å². The van der Waals surface area contributed by atoms with Crippen LogP contribution in [0.15, 0.2) is 59.6 Å². The Morgan fingerprint density at radius 2 is 1.71 bits per heavy atom. The number of halogens is 1. The fraction of sp³-hybridized carbons (Fsp3) is 0.0667. The number of fused-ring (bicyclic) bond motifs is 1. The highest BCUT2D eigenvalue weighted by Crippen LogP contribution is 2.31. The van der Waals surface area contributed by atoms with E-state index in [0.717, 1.165) is 29.8 Å². The summed E-state index contributed by atoms with van der Waals surface area (Å²) in [6.07, 6.45) is 1.47. The molecule has 1 atom stereocenters. The third kappa shape index (κ3) is 2.32. The van der Waals surface area contributed by atoms with Gasteiger partial charge in [-0.1, -0.05) is 18.2 Å². The van der Waals surface area contributed by atoms with Crippen LogP contribution in [0.4, 0.5) is 4.39 Å². The molecular formula is C15H12FNO3S. The average molecular weight is 305 g/mol. The van der Waals surface area contributed by atoms with Gasteiger partial charge in [-0.15, -0.1) is 0 Å². The minimum Gasteiger partial charge on any atom is -0.373 e. The van der Waals surface area contributed by atoms with Crippen LogP contribution in [0, 0.1) is 5.82 Å². The number of nitrogens with one attached hydrogen (secondary N) is 1. The van der Waals surface area contributed by atoms with E-state index in [4.69, 9.17) is 0 Å². The van der Waals surface area contributed by atoms with Crippen molar-refractivity contribution in [3.8, 4) is 0 Å². The monoisotopic (exact) mass is 305 g/mol. The summed E-state index contributed by atoms with van der Waals surface area (Å²) < 4.78 is 37.7. The number of aliphatic hydroxyl groups excluding tert-OH is 1. The van der Waals surface area contributed by atoms with Crippen molar-refractivity contribution in [2.45, 2.75) is 10.3 Å². The lowest BCUT2D eigenvalue weighted by Crippen LogP contribution is -2.13. The molecule has 0 aliphatic rings. The fourth-order valence-electron chi connectivity index (χ4n) is 2.22. The van der Waals surface area contributed by atoms with Crippen LogP contribution >= 0.6 is 0 Å². The van der Waals surface area contributed by atoms with E-state index in [2.05, 4.69) is 4.98 Å². The number of aliphatic hydroxyl groups is 1. The first-order valence-electron chi connectivity index (χ1n) is 6.24. The summed E-state index contributed by atoms with van der Waals surface area (Å²) in [4.78, 5) is 2.79. The van der Waals surface area contributed by atoms with Crippen molar-refractivity contribution >= 4 is 20.7 Å². The normalized spacial score (nSPS) is 13.4. The molecule has 0 radical (unpaired) electrons. The standard InChI is InChI=1S/C15H12FNO3S/c16-10-5-7-11(8-6-10)21(19,20)15(18)13-9-17-14-4-2-1-3-12(13)14/h1-9,15,17-18H. The molecule has 2 aromatic carbocycles. The van der Waals surface area contributed by atoms with Crippen molar-refractivity contribution in [3.05, 3.63) is 66.1 Å². The van der Waals surface area contributed by atoms with E-state index in [1.54, 1.807) is 18.2 Å². The van der Waals surface area contributed by atoms with Gasteiger partial charge in [0.2, 0.25) is 9.84 Å². The van der Waals surface area contributed by atoms with E-state index < -0.39 is 21.1 Å². The van der Waals surface area contributed by atoms with Gasteiger partial charge in [-0.3, -0.25) is 0 Å². The molecule has 0 amide bonds. The zero-order valence-corrected chi connectivity index (χ0v) is 11.6. The van der Waals surface area contributed by atoms with Gasteiger partial charge in [0.25, 0.3) is 0 Å². The third-order valence-corrected chi connectivity index (χ3v) is 5.09. The van der Waals surface area contributed by atoms with Crippen LogP contribution in [0.3, 0.4) is 0 Å². The number of para-hydroxylation sites is 1. The SMILES string of the molecule is O=S(=O)(c1ccc(F)cc1)C(O)c1c[nH]c2ccccc12. The summed E-state index contributed by atoms with van der Waals surface area (Å²) in [7, 11) is -4.00. The molecule has 1 unspecified atom stereocenters. The summed E-state index contributed by atoms with van der Waals surface area (Å²) in [6, 6.07) is 11.5. The molecule has 0 saturated carbocycles. The minimum absolute atomic E-state index is 0.123. The molecule has 0 bridgehead atoms. The third-order valence-electron chi connectivity index (χ3n) is 3.32. The quantitative estimate of drug-likeness (QED) is 0.731. The number of H-pyrrole nitrogens is 1. The van der Waals surface area contributed by atoms with Gasteiger partial charge in [0, 0.05) is 22.7 Å². The maximum atomic E-state index is 12.9. The maximum Gasteiger partial charge on any atom is 0.209 e. The van der Waals surface area contributed by atoms with Gasteiger partial charge in [0.05, 0.1) is 4.90 Å². The highest BCUT2D eigenvalue weighted by atomic mass is 32.2. The Kier molecular flexibility index (Phi) is 3.27. The number of aromatic nitrogens is 1. The Labute approximate surface area is 120 Å². The van der Waals surface area contributed by atoms with Gasteiger partial charge in [-0.05, 0) is 30.3 Å². The van der Waals surface area contributed by atoms with E-state index in [-0.39, 0.29) is 10.5 Å². The van der Waals surface area contributed by atoms with Crippen LogP contribution in [0.1, 0.15) is 11.0 Å². The second-order valence-corrected chi connectivity index (χ2v) is 6.65. The van der Waals surface area contributed by atoms with Gasteiger partial charge in [-0.25, -0.2) is 12.8 Å². The van der Waals surface area contributed by atoms with Crippen LogP contribution < -0.4 is 0 Å². The number of benzene rings is 2. The van der Waals surface area contributed by atoms with Crippen molar-refractivity contribution < 1.29 is 17.9 Å². The lowest BCUT2D eigenvalue weighted by Gasteiger charge is -2.11. The lowest BCUT2D eigenvalue weighted by atomic mass is 10.2. The predicted octanol–water partition coefficient (Wildman–Crippen LogP) is 2.77. The van der Waals surface area contributed by atoms with E-state index in [9.17, 15) is 17.9 Å². The second kappa shape index (κ2) is 4.98. The largest absolute Gasteiger partial charge is 0.373 e. The lowest BCUT2D eigenvalue weighted by molar-refractivity contribution is 0.256. The van der Waals surface area contributed by atoms with Crippen molar-refractivity contribution in [1.29, 1.82) is 0 Å². The Morgan fingerprint density at radius 3 is 2.43 bits per heavy atom. The summed E-state index contributed by atoms with van der Waals surface area (Å²) in [6.45, 7) is 0. The number of aromatic amines is 1. The van der Waals surface area contributed by atoms with Gasteiger partial charge >= 0.3 is 0 Å². The summed E-state index contributed by atoms with van der Waals surface area (Å²) in [5.74, 6) is -0.532. The van der Waals surface area contributed by atoms with Crippen molar-refractivity contribution in [2.24, 2.45) is 0 Å². The molecule has 2 N–H and O–H groups in total. The summed E-state index contributed by atoms with van der Waals surface area (Å²) in [5.41, 5.74) is -0.699. The molecule has 1 aromatic heterocycles. The highest BCUT2D eigenvalue weighted by molar-refractivity contribution is 7.91. The number of sulfone groups is 1. The van der Waals surface area contributed by atoms with E-state index in [0.29, 0.717) is 5.39 Å². The van der Waals surface area contributed by atoms with E-state index in [1.165, 1.54) is 6.20 Å². The molecule has 3 aromatic rings.